The Morgan fingerprint density at radius 3 is 3.00 bits per heavy atom. The molecule has 7 heavy (non-hydrogen) atoms. The fraction of sp³-hybridized carbons (Fsp3) is 0.400. The molecule has 0 aliphatic heterocycles. The van der Waals surface area contributed by atoms with Crippen molar-refractivity contribution in [3.63, 3.8) is 0 Å². The van der Waals surface area contributed by atoms with Gasteiger partial charge in [0.1, 0.15) is 0 Å². The Balaban J connectivity index is 2.76. The van der Waals surface area contributed by atoms with E-state index in [1.54, 1.807) is 0 Å². The molecule has 0 spiro atoms. The molecule has 38 valence electrons. The predicted molar refractivity (Wildman–Crippen MR) is 30.6 cm³/mol. The second-order valence-electron chi connectivity index (χ2n) is 1.33. The van der Waals surface area contributed by atoms with E-state index in [0.29, 0.717) is 14.5 Å². The van der Waals surface area contributed by atoms with Crippen LogP contribution in [0.2, 0.25) is 0 Å². The normalized spacial score (nSPS) is 9.29. The number of hydrogen-bond donors (Lipinski definition) is 0. The fourth-order valence-corrected chi connectivity index (χ4v) is 1.76. The molecule has 0 N–H and O–H groups in total. The average molecular weight is 160 g/mol. The maximum atomic E-state index is 4.12. The van der Waals surface area contributed by atoms with Crippen molar-refractivity contribution in [2.45, 2.75) is 13.3 Å². The van der Waals surface area contributed by atoms with Gasteiger partial charge in [0.05, 0.1) is 0 Å². The summed E-state index contributed by atoms with van der Waals surface area (Å²) in [6.07, 6.45) is 1.10. The minimum atomic E-state index is 0.589. The van der Waals surface area contributed by atoms with Gasteiger partial charge in [-0.25, -0.2) is 0 Å². The van der Waals surface area contributed by atoms with E-state index in [-0.39, 0.29) is 0 Å². The summed E-state index contributed by atoms with van der Waals surface area (Å²) >= 11 is 0.589. The van der Waals surface area contributed by atoms with Gasteiger partial charge in [-0.05, 0) is 0 Å². The van der Waals surface area contributed by atoms with Crippen LogP contribution in [0.3, 0.4) is 0 Å². The van der Waals surface area contributed by atoms with E-state index in [0.717, 1.165) is 6.42 Å². The van der Waals surface area contributed by atoms with Crippen molar-refractivity contribution < 1.29 is 0 Å². The fourth-order valence-electron chi connectivity index (χ4n) is 0.412. The number of hydrogen-bond acceptors (Lipinski definition) is 1. The number of nitrogens with zero attached hydrogens (tertiary/aromatic N) is 1. The molecule has 0 fully saturated rings. The molecule has 1 aromatic rings. The Morgan fingerprint density at radius 1 is 1.86 bits per heavy atom. The van der Waals surface area contributed by atoms with Crippen molar-refractivity contribution in [2.75, 3.05) is 0 Å². The van der Waals surface area contributed by atoms with Crippen LogP contribution in [0, 0.1) is 0 Å². The maximum absolute atomic E-state index is 4.12. The van der Waals surface area contributed by atoms with Gasteiger partial charge in [0.25, 0.3) is 0 Å². The molecule has 0 saturated heterocycles. The van der Waals surface area contributed by atoms with Gasteiger partial charge in [0.15, 0.2) is 0 Å². The molecule has 0 bridgehead atoms. The molecule has 0 aromatic carbocycles. The summed E-state index contributed by atoms with van der Waals surface area (Å²) in [5.74, 6) is 0. The zero-order valence-electron chi connectivity index (χ0n) is 4.22. The molecule has 1 rings (SSSR count). The number of aromatic nitrogens is 1. The molecular weight excluding hydrogens is 153 g/mol. The van der Waals surface area contributed by atoms with E-state index in [9.17, 15) is 0 Å². The summed E-state index contributed by atoms with van der Waals surface area (Å²) in [6.45, 7) is 2.13. The van der Waals surface area contributed by atoms with Gasteiger partial charge >= 0.3 is 48.5 Å². The average Bonchev–Trinajstić information content (AvgIpc) is 2.14. The summed E-state index contributed by atoms with van der Waals surface area (Å²) in [5, 5.41) is 2.01. The standard InChI is InChI=1S/C5H7NSe/c1-2-5-3-7-4-6-5/h3-4H,2H2,1H3. The molecule has 0 aliphatic carbocycles. The van der Waals surface area contributed by atoms with Crippen LogP contribution < -0.4 is 0 Å². The van der Waals surface area contributed by atoms with E-state index >= 15 is 0 Å². The third kappa shape index (κ3) is 1.15. The zero-order chi connectivity index (χ0) is 5.11. The molecule has 0 aliphatic rings. The van der Waals surface area contributed by atoms with Crippen molar-refractivity contribution in [2.24, 2.45) is 0 Å². The summed E-state index contributed by atoms with van der Waals surface area (Å²) < 4.78 is 0. The van der Waals surface area contributed by atoms with Gasteiger partial charge in [0.2, 0.25) is 0 Å². The Morgan fingerprint density at radius 2 is 2.71 bits per heavy atom. The molecular formula is C5H7NSe. The summed E-state index contributed by atoms with van der Waals surface area (Å²) in [6, 6.07) is 0. The molecule has 0 radical (unpaired) electrons. The van der Waals surface area contributed by atoms with Crippen LogP contribution in [0.5, 0.6) is 0 Å². The van der Waals surface area contributed by atoms with E-state index < -0.39 is 0 Å². The van der Waals surface area contributed by atoms with E-state index in [2.05, 4.69) is 16.8 Å². The molecule has 0 saturated carbocycles. The van der Waals surface area contributed by atoms with Crippen molar-refractivity contribution in [3.8, 4) is 0 Å². The van der Waals surface area contributed by atoms with E-state index in [4.69, 9.17) is 0 Å². The molecule has 0 atom stereocenters. The van der Waals surface area contributed by atoms with Crippen LogP contribution in [0.15, 0.2) is 10.0 Å². The Kier molecular flexibility index (Phi) is 1.66. The van der Waals surface area contributed by atoms with Crippen molar-refractivity contribution >= 4 is 14.5 Å². The van der Waals surface area contributed by atoms with E-state index in [1.165, 1.54) is 5.69 Å². The van der Waals surface area contributed by atoms with Crippen LogP contribution in [0.4, 0.5) is 0 Å². The Hall–Kier alpha value is -0.0705. The van der Waals surface area contributed by atoms with Crippen molar-refractivity contribution in [3.05, 3.63) is 15.7 Å². The van der Waals surface area contributed by atoms with Gasteiger partial charge in [-0.2, -0.15) is 0 Å². The second-order valence-corrected chi connectivity index (χ2v) is 2.84. The first-order valence-electron chi connectivity index (χ1n) is 2.30. The van der Waals surface area contributed by atoms with Gasteiger partial charge in [-0.3, -0.25) is 0 Å². The molecule has 0 amide bonds. The quantitative estimate of drug-likeness (QED) is 0.551. The molecule has 0 unspecified atom stereocenters. The topological polar surface area (TPSA) is 12.9 Å². The van der Waals surface area contributed by atoms with Crippen LogP contribution in [0.1, 0.15) is 12.6 Å². The third-order valence-electron chi connectivity index (χ3n) is 0.846. The summed E-state index contributed by atoms with van der Waals surface area (Å²) in [4.78, 5) is 6.33. The van der Waals surface area contributed by atoms with Crippen LogP contribution in [-0.4, -0.2) is 19.5 Å². The summed E-state index contributed by atoms with van der Waals surface area (Å²) in [7, 11) is 0. The molecule has 1 aromatic heterocycles. The van der Waals surface area contributed by atoms with Crippen LogP contribution in [0.25, 0.3) is 0 Å². The first kappa shape index (κ1) is 5.07. The predicted octanol–water partition coefficient (Wildman–Crippen LogP) is 0.701. The van der Waals surface area contributed by atoms with Gasteiger partial charge in [-0.1, -0.05) is 0 Å². The zero-order valence-corrected chi connectivity index (χ0v) is 5.93. The number of rotatable bonds is 1. The second kappa shape index (κ2) is 2.29. The monoisotopic (exact) mass is 161 g/mol. The van der Waals surface area contributed by atoms with E-state index in [1.807, 2.05) is 5.07 Å². The molecule has 1 heterocycles. The first-order valence-corrected chi connectivity index (χ1v) is 4.28. The van der Waals surface area contributed by atoms with Gasteiger partial charge < -0.3 is 0 Å². The Bertz CT molecular complexity index is 123. The van der Waals surface area contributed by atoms with Crippen molar-refractivity contribution in [1.82, 2.24) is 4.98 Å². The van der Waals surface area contributed by atoms with Gasteiger partial charge in [-0.15, -0.1) is 0 Å². The SMILES string of the molecule is CCc1c[se]cn1. The third-order valence-corrected chi connectivity index (χ3v) is 2.18. The van der Waals surface area contributed by atoms with Crippen LogP contribution >= 0.6 is 0 Å². The van der Waals surface area contributed by atoms with Crippen molar-refractivity contribution in [1.29, 1.82) is 0 Å². The Labute approximate surface area is 49.1 Å². The first-order chi connectivity index (χ1) is 3.43. The van der Waals surface area contributed by atoms with Gasteiger partial charge in [0, 0.05) is 0 Å². The van der Waals surface area contributed by atoms with Crippen LogP contribution in [-0.2, 0) is 6.42 Å². The minimum absolute atomic E-state index is 0.589. The summed E-state index contributed by atoms with van der Waals surface area (Å²) in [5.41, 5.74) is 1.26. The molecule has 2 heteroatoms. The number of aryl methyl sites for hydroxylation is 1. The molecule has 1 nitrogen and oxygen atoms in total.